The lowest BCUT2D eigenvalue weighted by Gasteiger charge is -2.33. The highest BCUT2D eigenvalue weighted by molar-refractivity contribution is 5.67. The summed E-state index contributed by atoms with van der Waals surface area (Å²) in [7, 11) is 0. The Morgan fingerprint density at radius 2 is 2.04 bits per heavy atom. The summed E-state index contributed by atoms with van der Waals surface area (Å²) in [4.78, 5) is 15.8. The van der Waals surface area contributed by atoms with E-state index in [-0.39, 0.29) is 6.09 Å². The standard InChI is InChI=1S/C15H26N6O2/c1-2-23-15(22)20-9-7-19(8-10-20)11-13-12-21(18-17-13)14-3-5-16-6-4-14/h12,14,16H,2-11H2,1H3. The number of piperidine rings is 1. The molecule has 2 aliphatic heterocycles. The Morgan fingerprint density at radius 3 is 2.74 bits per heavy atom. The molecule has 0 spiro atoms. The van der Waals surface area contributed by atoms with Crippen LogP contribution in [0.3, 0.4) is 0 Å². The Kier molecular flexibility index (Phi) is 5.45. The van der Waals surface area contributed by atoms with E-state index in [1.807, 2.05) is 11.6 Å². The molecule has 0 atom stereocenters. The van der Waals surface area contributed by atoms with Crippen LogP contribution in [0.2, 0.25) is 0 Å². The number of amides is 1. The third kappa shape index (κ3) is 4.20. The second kappa shape index (κ2) is 7.74. The van der Waals surface area contributed by atoms with Crippen molar-refractivity contribution in [1.29, 1.82) is 0 Å². The molecule has 2 fully saturated rings. The van der Waals surface area contributed by atoms with E-state index in [4.69, 9.17) is 4.74 Å². The van der Waals surface area contributed by atoms with Gasteiger partial charge in [-0.05, 0) is 32.9 Å². The van der Waals surface area contributed by atoms with Crippen molar-refractivity contribution in [3.05, 3.63) is 11.9 Å². The average molecular weight is 322 g/mol. The minimum Gasteiger partial charge on any atom is -0.450 e. The lowest BCUT2D eigenvalue weighted by molar-refractivity contribution is 0.0775. The molecule has 2 saturated heterocycles. The van der Waals surface area contributed by atoms with Crippen LogP contribution in [-0.4, -0.2) is 76.8 Å². The lowest BCUT2D eigenvalue weighted by Crippen LogP contribution is -2.48. The maximum atomic E-state index is 11.7. The summed E-state index contributed by atoms with van der Waals surface area (Å²) in [6, 6.07) is 0.471. The van der Waals surface area contributed by atoms with Gasteiger partial charge in [0.15, 0.2) is 0 Å². The van der Waals surface area contributed by atoms with Crippen LogP contribution in [0.1, 0.15) is 31.5 Å². The molecule has 8 nitrogen and oxygen atoms in total. The van der Waals surface area contributed by atoms with Gasteiger partial charge in [0.25, 0.3) is 0 Å². The summed E-state index contributed by atoms with van der Waals surface area (Å²) in [6.45, 7) is 8.27. The fourth-order valence-electron chi connectivity index (χ4n) is 3.17. The summed E-state index contributed by atoms with van der Waals surface area (Å²) < 4.78 is 7.06. The van der Waals surface area contributed by atoms with Crippen molar-refractivity contribution in [2.75, 3.05) is 45.9 Å². The first-order valence-electron chi connectivity index (χ1n) is 8.51. The number of hydrogen-bond acceptors (Lipinski definition) is 6. The third-order valence-corrected chi connectivity index (χ3v) is 4.52. The van der Waals surface area contributed by atoms with E-state index in [1.165, 1.54) is 0 Å². The van der Waals surface area contributed by atoms with Gasteiger partial charge in [0, 0.05) is 32.7 Å². The van der Waals surface area contributed by atoms with Gasteiger partial charge in [0.05, 0.1) is 24.5 Å². The molecular formula is C15H26N6O2. The van der Waals surface area contributed by atoms with Crippen LogP contribution in [0.4, 0.5) is 4.79 Å². The number of ether oxygens (including phenoxy) is 1. The summed E-state index contributed by atoms with van der Waals surface area (Å²) in [5.41, 5.74) is 1.01. The number of nitrogens with one attached hydrogen (secondary N) is 1. The SMILES string of the molecule is CCOC(=O)N1CCN(Cc2cn(C3CCNCC3)nn2)CC1. The summed E-state index contributed by atoms with van der Waals surface area (Å²) >= 11 is 0. The van der Waals surface area contributed by atoms with Gasteiger partial charge in [0.1, 0.15) is 0 Å². The monoisotopic (exact) mass is 322 g/mol. The van der Waals surface area contributed by atoms with E-state index in [1.54, 1.807) is 4.90 Å². The number of piperazine rings is 1. The molecule has 0 saturated carbocycles. The van der Waals surface area contributed by atoms with Gasteiger partial charge < -0.3 is 15.0 Å². The summed E-state index contributed by atoms with van der Waals surface area (Å²) in [5.74, 6) is 0. The maximum Gasteiger partial charge on any atom is 0.409 e. The number of aromatic nitrogens is 3. The Hall–Kier alpha value is -1.67. The third-order valence-electron chi connectivity index (χ3n) is 4.52. The molecule has 1 amide bonds. The molecular weight excluding hydrogens is 296 g/mol. The first-order valence-corrected chi connectivity index (χ1v) is 8.51. The Bertz CT molecular complexity index is 506. The maximum absolute atomic E-state index is 11.7. The predicted molar refractivity (Wildman–Crippen MR) is 85.0 cm³/mol. The Morgan fingerprint density at radius 1 is 1.30 bits per heavy atom. The zero-order valence-corrected chi connectivity index (χ0v) is 13.8. The largest absolute Gasteiger partial charge is 0.450 e. The molecule has 0 aromatic carbocycles. The smallest absolute Gasteiger partial charge is 0.409 e. The van der Waals surface area contributed by atoms with Gasteiger partial charge in [-0.3, -0.25) is 4.90 Å². The van der Waals surface area contributed by atoms with Crippen LogP contribution in [0.5, 0.6) is 0 Å². The molecule has 3 heterocycles. The quantitative estimate of drug-likeness (QED) is 0.869. The second-order valence-electron chi connectivity index (χ2n) is 6.13. The van der Waals surface area contributed by atoms with Crippen molar-refractivity contribution in [2.45, 2.75) is 32.4 Å². The van der Waals surface area contributed by atoms with Gasteiger partial charge in [-0.15, -0.1) is 5.10 Å². The highest BCUT2D eigenvalue weighted by Gasteiger charge is 2.23. The number of rotatable bonds is 4. The van der Waals surface area contributed by atoms with E-state index in [0.717, 1.165) is 51.3 Å². The van der Waals surface area contributed by atoms with Crippen molar-refractivity contribution in [3.8, 4) is 0 Å². The molecule has 0 unspecified atom stereocenters. The van der Waals surface area contributed by atoms with Crippen LogP contribution in [0, 0.1) is 0 Å². The van der Waals surface area contributed by atoms with Gasteiger partial charge in [0.2, 0.25) is 0 Å². The minimum absolute atomic E-state index is 0.205. The van der Waals surface area contributed by atoms with E-state index in [2.05, 4.69) is 26.7 Å². The molecule has 2 aliphatic rings. The van der Waals surface area contributed by atoms with Crippen molar-refractivity contribution in [3.63, 3.8) is 0 Å². The van der Waals surface area contributed by atoms with Crippen LogP contribution < -0.4 is 5.32 Å². The fourth-order valence-corrected chi connectivity index (χ4v) is 3.17. The summed E-state index contributed by atoms with van der Waals surface area (Å²) in [5, 5.41) is 12.0. The topological polar surface area (TPSA) is 75.5 Å². The molecule has 128 valence electrons. The zero-order valence-electron chi connectivity index (χ0n) is 13.8. The van der Waals surface area contributed by atoms with Crippen molar-refractivity contribution < 1.29 is 9.53 Å². The number of carbonyl (C=O) groups is 1. The van der Waals surface area contributed by atoms with Crippen LogP contribution in [-0.2, 0) is 11.3 Å². The Balaban J connectivity index is 1.47. The van der Waals surface area contributed by atoms with E-state index < -0.39 is 0 Å². The van der Waals surface area contributed by atoms with Crippen molar-refractivity contribution >= 4 is 6.09 Å². The zero-order chi connectivity index (χ0) is 16.1. The molecule has 3 rings (SSSR count). The van der Waals surface area contributed by atoms with Crippen LogP contribution in [0.25, 0.3) is 0 Å². The first-order chi connectivity index (χ1) is 11.3. The van der Waals surface area contributed by atoms with Gasteiger partial charge in [-0.25, -0.2) is 9.48 Å². The van der Waals surface area contributed by atoms with Crippen LogP contribution in [0.15, 0.2) is 6.20 Å². The first kappa shape index (κ1) is 16.2. The molecule has 1 aromatic rings. The minimum atomic E-state index is -0.205. The molecule has 23 heavy (non-hydrogen) atoms. The van der Waals surface area contributed by atoms with Gasteiger partial charge >= 0.3 is 6.09 Å². The van der Waals surface area contributed by atoms with E-state index >= 15 is 0 Å². The number of nitrogens with zero attached hydrogens (tertiary/aromatic N) is 5. The number of hydrogen-bond donors (Lipinski definition) is 1. The van der Waals surface area contributed by atoms with Gasteiger partial charge in [-0.2, -0.15) is 0 Å². The molecule has 1 N–H and O–H groups in total. The normalized spacial score (nSPS) is 20.7. The predicted octanol–water partition coefficient (Wildman–Crippen LogP) is 0.477. The van der Waals surface area contributed by atoms with Crippen molar-refractivity contribution in [1.82, 2.24) is 30.1 Å². The summed E-state index contributed by atoms with van der Waals surface area (Å²) in [6.07, 6.45) is 4.10. The van der Waals surface area contributed by atoms with E-state index in [0.29, 0.717) is 25.7 Å². The Labute approximate surface area is 136 Å². The second-order valence-corrected chi connectivity index (χ2v) is 6.13. The highest BCUT2D eigenvalue weighted by atomic mass is 16.6. The van der Waals surface area contributed by atoms with Crippen LogP contribution >= 0.6 is 0 Å². The molecule has 0 bridgehead atoms. The molecule has 0 radical (unpaired) electrons. The fraction of sp³-hybridized carbons (Fsp3) is 0.800. The average Bonchev–Trinajstić information content (AvgIpc) is 3.05. The number of carbonyl (C=O) groups excluding carboxylic acids is 1. The lowest BCUT2D eigenvalue weighted by atomic mass is 10.1. The highest BCUT2D eigenvalue weighted by Crippen LogP contribution is 2.17. The van der Waals surface area contributed by atoms with Crippen molar-refractivity contribution in [2.24, 2.45) is 0 Å². The van der Waals surface area contributed by atoms with Gasteiger partial charge in [-0.1, -0.05) is 5.21 Å². The van der Waals surface area contributed by atoms with E-state index in [9.17, 15) is 4.79 Å². The molecule has 1 aromatic heterocycles. The molecule has 8 heteroatoms. The molecule has 0 aliphatic carbocycles.